The Labute approximate surface area is 121 Å². The molecule has 112 valence electrons. The van der Waals surface area contributed by atoms with Crippen LogP contribution in [-0.4, -0.2) is 43.0 Å². The van der Waals surface area contributed by atoms with Crippen LogP contribution in [-0.2, 0) is 13.1 Å². The second-order valence-corrected chi connectivity index (χ2v) is 6.24. The average molecular weight is 279 g/mol. The number of hydrogen-bond donors (Lipinski definition) is 1. The Morgan fingerprint density at radius 2 is 1.85 bits per heavy atom. The molecule has 0 atom stereocenters. The minimum absolute atomic E-state index is 0.144. The van der Waals surface area contributed by atoms with E-state index in [-0.39, 0.29) is 17.9 Å². The Morgan fingerprint density at radius 1 is 1.20 bits per heavy atom. The minimum Gasteiger partial charge on any atom is -0.326 e. The van der Waals surface area contributed by atoms with Crippen molar-refractivity contribution in [3.05, 3.63) is 35.1 Å². The van der Waals surface area contributed by atoms with Gasteiger partial charge in [-0.1, -0.05) is 18.2 Å². The predicted molar refractivity (Wildman–Crippen MR) is 80.9 cm³/mol. The Morgan fingerprint density at radius 3 is 2.35 bits per heavy atom. The van der Waals surface area contributed by atoms with E-state index >= 15 is 0 Å². The molecular formula is C16H26FN3. The van der Waals surface area contributed by atoms with Gasteiger partial charge in [0, 0.05) is 36.3 Å². The molecule has 4 heteroatoms. The van der Waals surface area contributed by atoms with Gasteiger partial charge in [0.2, 0.25) is 0 Å². The zero-order valence-corrected chi connectivity index (χ0v) is 12.8. The van der Waals surface area contributed by atoms with Gasteiger partial charge in [0.15, 0.2) is 0 Å². The molecule has 0 spiro atoms. The molecule has 1 aromatic rings. The third-order valence-corrected chi connectivity index (χ3v) is 4.62. The summed E-state index contributed by atoms with van der Waals surface area (Å²) in [4.78, 5) is 4.54. The van der Waals surface area contributed by atoms with E-state index in [4.69, 9.17) is 5.73 Å². The second kappa shape index (κ2) is 6.20. The van der Waals surface area contributed by atoms with Crippen LogP contribution >= 0.6 is 0 Å². The molecule has 20 heavy (non-hydrogen) atoms. The Hall–Kier alpha value is -0.970. The summed E-state index contributed by atoms with van der Waals surface area (Å²) in [7, 11) is 6.35. The highest BCUT2D eigenvalue weighted by molar-refractivity contribution is 5.25. The molecule has 1 fully saturated rings. The summed E-state index contributed by atoms with van der Waals surface area (Å²) in [6.45, 7) is 1.87. The molecule has 0 radical (unpaired) electrons. The molecule has 3 nitrogen and oxygen atoms in total. The molecule has 0 aliphatic heterocycles. The van der Waals surface area contributed by atoms with Crippen LogP contribution in [0.2, 0.25) is 0 Å². The summed E-state index contributed by atoms with van der Waals surface area (Å²) in [6.07, 6.45) is 3.76. The number of hydrogen-bond acceptors (Lipinski definition) is 3. The lowest BCUT2D eigenvalue weighted by Crippen LogP contribution is -2.56. The van der Waals surface area contributed by atoms with E-state index in [9.17, 15) is 4.39 Å². The Bertz CT molecular complexity index is 455. The van der Waals surface area contributed by atoms with Crippen LogP contribution in [0.3, 0.4) is 0 Å². The normalized spacial score (nSPS) is 17.6. The standard InChI is InChI=1S/C16H26FN3/c1-19(2)16(8-5-9-16)12-20(3)11-14-7-4-6-13(10-18)15(14)17/h4,6-7H,5,8-12,18H2,1-3H3. The van der Waals surface area contributed by atoms with E-state index in [0.29, 0.717) is 12.1 Å². The van der Waals surface area contributed by atoms with Gasteiger partial charge < -0.3 is 15.5 Å². The zero-order valence-electron chi connectivity index (χ0n) is 12.8. The molecule has 2 rings (SSSR count). The lowest BCUT2D eigenvalue weighted by atomic mass is 9.75. The van der Waals surface area contributed by atoms with E-state index in [1.54, 1.807) is 6.07 Å². The fourth-order valence-electron chi connectivity index (χ4n) is 3.09. The molecular weight excluding hydrogens is 253 g/mol. The maximum atomic E-state index is 14.2. The van der Waals surface area contributed by atoms with Crippen molar-refractivity contribution < 1.29 is 4.39 Å². The maximum absolute atomic E-state index is 14.2. The number of benzene rings is 1. The Balaban J connectivity index is 2.03. The van der Waals surface area contributed by atoms with Gasteiger partial charge in [-0.05, 0) is 40.4 Å². The van der Waals surface area contributed by atoms with E-state index in [1.807, 2.05) is 12.1 Å². The number of nitrogens with zero attached hydrogens (tertiary/aromatic N) is 2. The Kier molecular flexibility index (Phi) is 4.78. The lowest BCUT2D eigenvalue weighted by Gasteiger charge is -2.49. The van der Waals surface area contributed by atoms with Crippen LogP contribution in [0.15, 0.2) is 18.2 Å². The van der Waals surface area contributed by atoms with Gasteiger partial charge >= 0.3 is 0 Å². The van der Waals surface area contributed by atoms with Crippen LogP contribution in [0.5, 0.6) is 0 Å². The van der Waals surface area contributed by atoms with E-state index < -0.39 is 0 Å². The van der Waals surface area contributed by atoms with Crippen molar-refractivity contribution in [1.82, 2.24) is 9.80 Å². The molecule has 1 aromatic carbocycles. The second-order valence-electron chi connectivity index (χ2n) is 6.24. The smallest absolute Gasteiger partial charge is 0.132 e. The maximum Gasteiger partial charge on any atom is 0.132 e. The van der Waals surface area contributed by atoms with Crippen molar-refractivity contribution in [1.29, 1.82) is 0 Å². The molecule has 0 unspecified atom stereocenters. The summed E-state index contributed by atoms with van der Waals surface area (Å²) in [5.74, 6) is -0.144. The number of nitrogens with two attached hydrogens (primary N) is 1. The zero-order chi connectivity index (χ0) is 14.8. The topological polar surface area (TPSA) is 32.5 Å². The molecule has 0 bridgehead atoms. The van der Waals surface area contributed by atoms with E-state index in [1.165, 1.54) is 19.3 Å². The third-order valence-electron chi connectivity index (χ3n) is 4.62. The highest BCUT2D eigenvalue weighted by Crippen LogP contribution is 2.36. The van der Waals surface area contributed by atoms with Gasteiger partial charge in [-0.3, -0.25) is 0 Å². The van der Waals surface area contributed by atoms with Crippen molar-refractivity contribution in [2.75, 3.05) is 27.7 Å². The van der Waals surface area contributed by atoms with Gasteiger partial charge in [0.25, 0.3) is 0 Å². The van der Waals surface area contributed by atoms with Gasteiger partial charge in [-0.15, -0.1) is 0 Å². The first-order valence-corrected chi connectivity index (χ1v) is 7.31. The summed E-state index contributed by atoms with van der Waals surface area (Å²) < 4.78 is 14.2. The van der Waals surface area contributed by atoms with Gasteiger partial charge in [-0.2, -0.15) is 0 Å². The van der Waals surface area contributed by atoms with E-state index in [0.717, 1.165) is 12.1 Å². The van der Waals surface area contributed by atoms with Crippen molar-refractivity contribution in [3.63, 3.8) is 0 Å². The minimum atomic E-state index is -0.144. The highest BCUT2D eigenvalue weighted by Gasteiger charge is 2.39. The van der Waals surface area contributed by atoms with Crippen molar-refractivity contribution in [3.8, 4) is 0 Å². The van der Waals surface area contributed by atoms with Crippen LogP contribution in [0.1, 0.15) is 30.4 Å². The predicted octanol–water partition coefficient (Wildman–Crippen LogP) is 2.20. The number of halogens is 1. The monoisotopic (exact) mass is 279 g/mol. The first-order chi connectivity index (χ1) is 9.48. The first-order valence-electron chi connectivity index (χ1n) is 7.31. The molecule has 2 N–H and O–H groups in total. The first kappa shape index (κ1) is 15.4. The number of likely N-dealkylation sites (N-methyl/N-ethyl adjacent to an activating group) is 2. The summed E-state index contributed by atoms with van der Waals surface area (Å²) in [6, 6.07) is 5.50. The van der Waals surface area contributed by atoms with Crippen LogP contribution in [0.4, 0.5) is 4.39 Å². The van der Waals surface area contributed by atoms with E-state index in [2.05, 4.69) is 30.9 Å². The molecule has 1 aliphatic carbocycles. The van der Waals surface area contributed by atoms with Gasteiger partial charge in [0.05, 0.1) is 0 Å². The fraction of sp³-hybridized carbons (Fsp3) is 0.625. The quantitative estimate of drug-likeness (QED) is 0.866. The molecule has 1 aliphatic rings. The van der Waals surface area contributed by atoms with Crippen LogP contribution in [0, 0.1) is 5.82 Å². The molecule has 0 aromatic heterocycles. The van der Waals surface area contributed by atoms with Crippen molar-refractivity contribution >= 4 is 0 Å². The molecule has 0 amide bonds. The van der Waals surface area contributed by atoms with Crippen molar-refractivity contribution in [2.45, 2.75) is 37.9 Å². The average Bonchev–Trinajstić information content (AvgIpc) is 2.36. The summed E-state index contributed by atoms with van der Waals surface area (Å²) >= 11 is 0. The molecule has 0 heterocycles. The molecule has 0 saturated heterocycles. The third kappa shape index (κ3) is 3.03. The van der Waals surface area contributed by atoms with Crippen molar-refractivity contribution in [2.24, 2.45) is 5.73 Å². The number of rotatable bonds is 6. The lowest BCUT2D eigenvalue weighted by molar-refractivity contribution is 0.0256. The van der Waals surface area contributed by atoms with Gasteiger partial charge in [0.1, 0.15) is 5.82 Å². The fourth-order valence-corrected chi connectivity index (χ4v) is 3.09. The van der Waals surface area contributed by atoms with Gasteiger partial charge in [-0.25, -0.2) is 4.39 Å². The van der Waals surface area contributed by atoms with Crippen LogP contribution < -0.4 is 5.73 Å². The largest absolute Gasteiger partial charge is 0.326 e. The summed E-state index contributed by atoms with van der Waals surface area (Å²) in [5, 5.41) is 0. The molecule has 1 saturated carbocycles. The van der Waals surface area contributed by atoms with Crippen LogP contribution in [0.25, 0.3) is 0 Å². The SMILES string of the molecule is CN(Cc1cccc(CN)c1F)CC1(N(C)C)CCC1. The highest BCUT2D eigenvalue weighted by atomic mass is 19.1. The summed E-state index contributed by atoms with van der Waals surface area (Å²) in [5.41, 5.74) is 7.18.